The van der Waals surface area contributed by atoms with Gasteiger partial charge in [-0.15, -0.1) is 0 Å². The van der Waals surface area contributed by atoms with Gasteiger partial charge in [-0.05, 0) is 36.7 Å². The third kappa shape index (κ3) is 5.61. The number of amides is 1. The first kappa shape index (κ1) is 17.9. The van der Waals surface area contributed by atoms with E-state index >= 15 is 0 Å². The molecule has 2 rings (SSSR count). The third-order valence-electron chi connectivity index (χ3n) is 3.52. The van der Waals surface area contributed by atoms with Crippen molar-refractivity contribution in [2.24, 2.45) is 0 Å². The van der Waals surface area contributed by atoms with Crippen molar-refractivity contribution in [3.63, 3.8) is 0 Å². The van der Waals surface area contributed by atoms with Gasteiger partial charge in [-0.3, -0.25) is 4.90 Å². The number of hydrogen-bond acceptors (Lipinski definition) is 3. The Labute approximate surface area is 149 Å². The second kappa shape index (κ2) is 8.96. The average molecular weight is 410 g/mol. The van der Waals surface area contributed by atoms with Crippen LogP contribution in [0, 0.1) is 0 Å². The maximum absolute atomic E-state index is 12.1. The first-order valence-electron chi connectivity index (χ1n) is 7.23. The molecule has 0 spiro atoms. The maximum Gasteiger partial charge on any atom is 0.410 e. The molecule has 0 N–H and O–H groups in total. The van der Waals surface area contributed by atoms with E-state index < -0.39 is 0 Å². The minimum Gasteiger partial charge on any atom is -0.445 e. The molecule has 1 fully saturated rings. The van der Waals surface area contributed by atoms with Crippen molar-refractivity contribution in [1.29, 1.82) is 0 Å². The van der Waals surface area contributed by atoms with Crippen LogP contribution in [0.3, 0.4) is 0 Å². The zero-order valence-electron chi connectivity index (χ0n) is 12.2. The largest absolute Gasteiger partial charge is 0.445 e. The second-order valence-electron chi connectivity index (χ2n) is 5.20. The molecule has 1 aliphatic rings. The van der Waals surface area contributed by atoms with Crippen molar-refractivity contribution < 1.29 is 9.53 Å². The van der Waals surface area contributed by atoms with E-state index in [0.29, 0.717) is 23.1 Å². The van der Waals surface area contributed by atoms with E-state index in [4.69, 9.17) is 27.9 Å². The highest BCUT2D eigenvalue weighted by molar-refractivity contribution is 9.09. The average Bonchev–Trinajstić information content (AvgIpc) is 2.50. The number of halogens is 3. The molecule has 0 aromatic heterocycles. The maximum atomic E-state index is 12.1. The number of carbonyl (C=O) groups is 1. The van der Waals surface area contributed by atoms with Gasteiger partial charge in [-0.1, -0.05) is 39.1 Å². The van der Waals surface area contributed by atoms with Gasteiger partial charge in [0.1, 0.15) is 6.61 Å². The van der Waals surface area contributed by atoms with Gasteiger partial charge in [0.05, 0.1) is 0 Å². The molecule has 1 heterocycles. The van der Waals surface area contributed by atoms with Gasteiger partial charge < -0.3 is 9.64 Å². The molecule has 22 heavy (non-hydrogen) atoms. The highest BCUT2D eigenvalue weighted by atomic mass is 79.9. The predicted octanol–water partition coefficient (Wildman–Crippen LogP) is 4.03. The van der Waals surface area contributed by atoms with Crippen molar-refractivity contribution in [2.45, 2.75) is 13.0 Å². The molecule has 1 aromatic rings. The van der Waals surface area contributed by atoms with E-state index in [1.807, 2.05) is 0 Å². The number of ether oxygens (including phenoxy) is 1. The molecule has 0 bridgehead atoms. The Morgan fingerprint density at radius 3 is 2.36 bits per heavy atom. The van der Waals surface area contributed by atoms with Crippen LogP contribution in [-0.2, 0) is 11.3 Å². The Morgan fingerprint density at radius 1 is 1.14 bits per heavy atom. The number of carbonyl (C=O) groups excluding carboxylic acids is 1. The smallest absolute Gasteiger partial charge is 0.410 e. The van der Waals surface area contributed by atoms with Crippen LogP contribution in [-0.4, -0.2) is 53.9 Å². The van der Waals surface area contributed by atoms with E-state index in [1.54, 1.807) is 23.1 Å². The molecule has 4 nitrogen and oxygen atoms in total. The summed E-state index contributed by atoms with van der Waals surface area (Å²) in [5, 5.41) is 2.09. The Balaban J connectivity index is 1.76. The minimum absolute atomic E-state index is 0.183. The molecule has 1 amide bonds. The standard InChI is InChI=1S/C15H19BrCl2N2O2/c16-2-1-3-19-4-6-20(7-5-19)15(21)22-11-12-8-13(17)10-14(18)9-12/h8-10H,1-7,11H2. The zero-order chi connectivity index (χ0) is 15.9. The normalized spacial score (nSPS) is 15.9. The van der Waals surface area contributed by atoms with Crippen LogP contribution in [0.2, 0.25) is 10.0 Å². The fourth-order valence-electron chi connectivity index (χ4n) is 2.37. The lowest BCUT2D eigenvalue weighted by Gasteiger charge is -2.33. The molecule has 0 saturated carbocycles. The Hall–Kier alpha value is -0.490. The number of nitrogens with zero attached hydrogens (tertiary/aromatic N) is 2. The van der Waals surface area contributed by atoms with Crippen LogP contribution < -0.4 is 0 Å². The first-order valence-corrected chi connectivity index (χ1v) is 9.11. The van der Waals surface area contributed by atoms with Crippen LogP contribution in [0.4, 0.5) is 4.79 Å². The first-order chi connectivity index (χ1) is 10.6. The summed E-state index contributed by atoms with van der Waals surface area (Å²) in [7, 11) is 0. The van der Waals surface area contributed by atoms with Crippen molar-refractivity contribution >= 4 is 45.2 Å². The molecule has 0 atom stereocenters. The molecular formula is C15H19BrCl2N2O2. The molecule has 1 aliphatic heterocycles. The van der Waals surface area contributed by atoms with E-state index in [0.717, 1.165) is 36.9 Å². The van der Waals surface area contributed by atoms with Gasteiger partial charge in [-0.2, -0.15) is 0 Å². The number of hydrogen-bond donors (Lipinski definition) is 0. The molecule has 1 saturated heterocycles. The Morgan fingerprint density at radius 2 is 1.77 bits per heavy atom. The van der Waals surface area contributed by atoms with Gasteiger partial charge in [0.25, 0.3) is 0 Å². The third-order valence-corrected chi connectivity index (χ3v) is 4.52. The minimum atomic E-state index is -0.281. The summed E-state index contributed by atoms with van der Waals surface area (Å²) >= 11 is 15.3. The van der Waals surface area contributed by atoms with Crippen LogP contribution in [0.5, 0.6) is 0 Å². The number of rotatable bonds is 5. The van der Waals surface area contributed by atoms with Gasteiger partial charge in [0.15, 0.2) is 0 Å². The Bertz CT molecular complexity index is 488. The van der Waals surface area contributed by atoms with Gasteiger partial charge in [-0.25, -0.2) is 4.79 Å². The summed E-state index contributed by atoms with van der Waals surface area (Å²) < 4.78 is 5.34. The van der Waals surface area contributed by atoms with E-state index in [9.17, 15) is 4.79 Å². The molecule has 122 valence electrons. The van der Waals surface area contributed by atoms with Crippen LogP contribution in [0.15, 0.2) is 18.2 Å². The summed E-state index contributed by atoms with van der Waals surface area (Å²) in [6, 6.07) is 5.15. The summed E-state index contributed by atoms with van der Waals surface area (Å²) in [5.41, 5.74) is 0.793. The second-order valence-corrected chi connectivity index (χ2v) is 6.87. The molecule has 1 aromatic carbocycles. The highest BCUT2D eigenvalue weighted by Crippen LogP contribution is 2.19. The van der Waals surface area contributed by atoms with Crippen molar-refractivity contribution in [1.82, 2.24) is 9.80 Å². The molecule has 0 unspecified atom stereocenters. The molecule has 0 aliphatic carbocycles. The number of alkyl halides is 1. The number of piperazine rings is 1. The molecular weight excluding hydrogens is 391 g/mol. The van der Waals surface area contributed by atoms with Crippen molar-refractivity contribution in [2.75, 3.05) is 38.1 Å². The monoisotopic (exact) mass is 408 g/mol. The topological polar surface area (TPSA) is 32.8 Å². The SMILES string of the molecule is O=C(OCc1cc(Cl)cc(Cl)c1)N1CCN(CCCBr)CC1. The summed E-state index contributed by atoms with van der Waals surface area (Å²) in [4.78, 5) is 16.2. The van der Waals surface area contributed by atoms with Crippen LogP contribution in [0.1, 0.15) is 12.0 Å². The Kier molecular flexibility index (Phi) is 7.28. The summed E-state index contributed by atoms with van der Waals surface area (Å²) in [5.74, 6) is 0. The van der Waals surface area contributed by atoms with Gasteiger partial charge in [0.2, 0.25) is 0 Å². The lowest BCUT2D eigenvalue weighted by molar-refractivity contribution is 0.0718. The van der Waals surface area contributed by atoms with E-state index in [-0.39, 0.29) is 12.7 Å². The highest BCUT2D eigenvalue weighted by Gasteiger charge is 2.21. The van der Waals surface area contributed by atoms with E-state index in [2.05, 4.69) is 20.8 Å². The number of benzene rings is 1. The van der Waals surface area contributed by atoms with Gasteiger partial charge in [0, 0.05) is 41.6 Å². The van der Waals surface area contributed by atoms with Crippen LogP contribution in [0.25, 0.3) is 0 Å². The lowest BCUT2D eigenvalue weighted by atomic mass is 10.2. The summed E-state index contributed by atoms with van der Waals surface area (Å²) in [6.45, 7) is 4.45. The molecule has 7 heteroatoms. The fourth-order valence-corrected chi connectivity index (χ4v) is 3.19. The van der Waals surface area contributed by atoms with E-state index in [1.165, 1.54) is 0 Å². The van der Waals surface area contributed by atoms with Crippen LogP contribution >= 0.6 is 39.1 Å². The molecule has 0 radical (unpaired) electrons. The quantitative estimate of drug-likeness (QED) is 0.688. The lowest BCUT2D eigenvalue weighted by Crippen LogP contribution is -2.49. The zero-order valence-corrected chi connectivity index (χ0v) is 15.3. The summed E-state index contributed by atoms with van der Waals surface area (Å²) in [6.07, 6.45) is 0.844. The predicted molar refractivity (Wildman–Crippen MR) is 93.1 cm³/mol. The van der Waals surface area contributed by atoms with Crippen molar-refractivity contribution in [3.05, 3.63) is 33.8 Å². The fraction of sp³-hybridized carbons (Fsp3) is 0.533. The van der Waals surface area contributed by atoms with Gasteiger partial charge >= 0.3 is 6.09 Å². The van der Waals surface area contributed by atoms with Crippen molar-refractivity contribution in [3.8, 4) is 0 Å².